The second kappa shape index (κ2) is 11.8. The van der Waals surface area contributed by atoms with E-state index >= 15 is 0 Å². The zero-order chi connectivity index (χ0) is 24.7. The summed E-state index contributed by atoms with van der Waals surface area (Å²) < 4.78 is 31.7. The highest BCUT2D eigenvalue weighted by Gasteiger charge is 2.38. The van der Waals surface area contributed by atoms with Gasteiger partial charge in [0.25, 0.3) is 0 Å². The van der Waals surface area contributed by atoms with Crippen LogP contribution in [0, 0.1) is 0 Å². The molecule has 1 aliphatic heterocycles. The molecule has 1 aromatic carbocycles. The first-order valence-corrected chi connectivity index (χ1v) is 12.2. The van der Waals surface area contributed by atoms with E-state index in [0.29, 0.717) is 6.04 Å². The van der Waals surface area contributed by atoms with Gasteiger partial charge in [-0.15, -0.1) is 11.3 Å². The van der Waals surface area contributed by atoms with Crippen molar-refractivity contribution in [3.8, 4) is 11.3 Å². The number of hydrogen-bond donors (Lipinski definition) is 2. The highest BCUT2D eigenvalue weighted by atomic mass is 35.5. The summed E-state index contributed by atoms with van der Waals surface area (Å²) in [4.78, 5) is 24.4. The first-order valence-electron chi connectivity index (χ1n) is 11.0. The Labute approximate surface area is 204 Å². The average molecular weight is 515 g/mol. The van der Waals surface area contributed by atoms with Crippen LogP contribution in [0.5, 0.6) is 0 Å². The fourth-order valence-electron chi connectivity index (χ4n) is 3.68. The third-order valence-electron chi connectivity index (χ3n) is 5.38. The molecule has 0 aliphatic carbocycles. The largest absolute Gasteiger partial charge is 0.490 e. The maximum atomic E-state index is 10.6. The van der Waals surface area contributed by atoms with Crippen molar-refractivity contribution >= 4 is 28.9 Å². The molecule has 1 saturated heterocycles. The average Bonchev–Trinajstić information content (AvgIpc) is 3.54. The standard InChI is InChI=1S/C21H25ClN4S.C2HF3O2/c1-2-3-6-20-24-17(14-27-20)13-26-11-4-5-19(26)21-23-12-18(25-21)15-7-9-16(22)10-8-15;3-2(4,5)1(6)7/h7-10,12,14,19H,2-6,11,13H2,1H3,(H,23,25);(H,6,7). The molecule has 1 fully saturated rings. The zero-order valence-corrected chi connectivity index (χ0v) is 20.2. The Morgan fingerprint density at radius 2 is 2.03 bits per heavy atom. The van der Waals surface area contributed by atoms with Gasteiger partial charge >= 0.3 is 12.1 Å². The van der Waals surface area contributed by atoms with E-state index in [9.17, 15) is 13.2 Å². The van der Waals surface area contributed by atoms with Gasteiger partial charge in [-0.1, -0.05) is 37.1 Å². The first-order chi connectivity index (χ1) is 16.2. The van der Waals surface area contributed by atoms with E-state index in [1.54, 1.807) is 11.3 Å². The summed E-state index contributed by atoms with van der Waals surface area (Å²) in [6.07, 6.45) is 2.74. The number of aromatic amines is 1. The highest BCUT2D eigenvalue weighted by Crippen LogP contribution is 2.33. The number of halogens is 4. The third kappa shape index (κ3) is 7.28. The third-order valence-corrected chi connectivity index (χ3v) is 6.59. The van der Waals surface area contributed by atoms with Crippen LogP contribution in [0.4, 0.5) is 13.2 Å². The molecule has 1 unspecified atom stereocenters. The van der Waals surface area contributed by atoms with Crippen LogP contribution in [0.3, 0.4) is 0 Å². The van der Waals surface area contributed by atoms with E-state index in [1.807, 2.05) is 30.5 Å². The summed E-state index contributed by atoms with van der Waals surface area (Å²) in [6.45, 7) is 4.23. The van der Waals surface area contributed by atoms with Gasteiger partial charge < -0.3 is 10.1 Å². The molecule has 0 bridgehead atoms. The van der Waals surface area contributed by atoms with Crippen molar-refractivity contribution in [1.82, 2.24) is 19.9 Å². The van der Waals surface area contributed by atoms with E-state index in [1.165, 1.54) is 30.0 Å². The minimum absolute atomic E-state index is 0.340. The number of H-pyrrole nitrogens is 1. The van der Waals surface area contributed by atoms with Crippen molar-refractivity contribution < 1.29 is 23.1 Å². The molecule has 2 N–H and O–H groups in total. The lowest BCUT2D eigenvalue weighted by molar-refractivity contribution is -0.192. The molecule has 34 heavy (non-hydrogen) atoms. The summed E-state index contributed by atoms with van der Waals surface area (Å²) in [6, 6.07) is 8.22. The number of thiazole rings is 1. The Bertz CT molecular complexity index is 1070. The van der Waals surface area contributed by atoms with Gasteiger partial charge in [-0.3, -0.25) is 4.90 Å². The minimum Gasteiger partial charge on any atom is -0.475 e. The van der Waals surface area contributed by atoms with Crippen molar-refractivity contribution in [3.05, 3.63) is 57.4 Å². The van der Waals surface area contributed by atoms with Gasteiger partial charge in [-0.25, -0.2) is 14.8 Å². The van der Waals surface area contributed by atoms with Gasteiger partial charge in [-0.2, -0.15) is 13.2 Å². The van der Waals surface area contributed by atoms with Crippen LogP contribution in [0.1, 0.15) is 55.2 Å². The molecule has 3 aromatic rings. The minimum atomic E-state index is -5.08. The number of hydrogen-bond acceptors (Lipinski definition) is 5. The maximum Gasteiger partial charge on any atom is 0.490 e. The van der Waals surface area contributed by atoms with E-state index < -0.39 is 12.1 Å². The Morgan fingerprint density at radius 1 is 1.32 bits per heavy atom. The van der Waals surface area contributed by atoms with Crippen LogP contribution in [0.25, 0.3) is 11.3 Å². The number of alkyl halides is 3. The number of carboxylic acid groups (broad SMARTS) is 1. The predicted molar refractivity (Wildman–Crippen MR) is 126 cm³/mol. The Balaban J connectivity index is 0.000000406. The van der Waals surface area contributed by atoms with Gasteiger partial charge in [0.05, 0.1) is 28.6 Å². The van der Waals surface area contributed by atoms with Crippen LogP contribution in [-0.2, 0) is 17.8 Å². The molecule has 1 atom stereocenters. The van der Waals surface area contributed by atoms with E-state index in [2.05, 4.69) is 27.2 Å². The van der Waals surface area contributed by atoms with Crippen molar-refractivity contribution in [2.75, 3.05) is 6.54 Å². The molecule has 0 radical (unpaired) electrons. The molecule has 0 spiro atoms. The van der Waals surface area contributed by atoms with Crippen LogP contribution in [-0.4, -0.2) is 43.6 Å². The van der Waals surface area contributed by atoms with Gasteiger partial charge in [0.15, 0.2) is 0 Å². The number of nitrogens with zero attached hydrogens (tertiary/aromatic N) is 3. The molecular formula is C23H26ClF3N4O2S. The lowest BCUT2D eigenvalue weighted by Gasteiger charge is -2.21. The number of carboxylic acids is 1. The van der Waals surface area contributed by atoms with E-state index in [0.717, 1.165) is 48.0 Å². The van der Waals surface area contributed by atoms with Gasteiger partial charge in [-0.05, 0) is 49.9 Å². The topological polar surface area (TPSA) is 82.1 Å². The number of carbonyl (C=O) groups is 1. The number of aryl methyl sites for hydroxylation is 1. The fourth-order valence-corrected chi connectivity index (χ4v) is 4.64. The van der Waals surface area contributed by atoms with Crippen molar-refractivity contribution in [2.24, 2.45) is 0 Å². The number of nitrogens with one attached hydrogen (secondary N) is 1. The number of unbranched alkanes of at least 4 members (excludes halogenated alkanes) is 1. The monoisotopic (exact) mass is 514 g/mol. The molecule has 4 rings (SSSR count). The van der Waals surface area contributed by atoms with E-state index in [-0.39, 0.29) is 0 Å². The highest BCUT2D eigenvalue weighted by molar-refractivity contribution is 7.09. The molecule has 0 saturated carbocycles. The van der Waals surface area contributed by atoms with E-state index in [4.69, 9.17) is 26.5 Å². The normalized spacial score (nSPS) is 16.3. The molecule has 0 amide bonds. The SMILES string of the molecule is CCCCc1nc(CN2CCCC2c2ncc(-c3ccc(Cl)cc3)[nH]2)cs1.O=C(O)C(F)(F)F. The van der Waals surface area contributed by atoms with Crippen molar-refractivity contribution in [3.63, 3.8) is 0 Å². The molecule has 184 valence electrons. The molecule has 6 nitrogen and oxygen atoms in total. The quantitative estimate of drug-likeness (QED) is 0.376. The summed E-state index contributed by atoms with van der Waals surface area (Å²) in [5.74, 6) is -1.70. The number of rotatable bonds is 7. The van der Waals surface area contributed by atoms with Crippen molar-refractivity contribution in [1.29, 1.82) is 0 Å². The zero-order valence-electron chi connectivity index (χ0n) is 18.6. The lowest BCUT2D eigenvalue weighted by Crippen LogP contribution is -2.23. The van der Waals surface area contributed by atoms with Crippen LogP contribution in [0.15, 0.2) is 35.8 Å². The lowest BCUT2D eigenvalue weighted by atomic mass is 10.2. The smallest absolute Gasteiger partial charge is 0.475 e. The summed E-state index contributed by atoms with van der Waals surface area (Å²) >= 11 is 7.80. The Kier molecular flexibility index (Phi) is 9.10. The number of imidazole rings is 1. The van der Waals surface area contributed by atoms with Crippen molar-refractivity contribution in [2.45, 2.75) is 57.8 Å². The second-order valence-electron chi connectivity index (χ2n) is 7.96. The molecule has 3 heterocycles. The number of benzene rings is 1. The summed E-state index contributed by atoms with van der Waals surface area (Å²) in [5, 5.41) is 11.4. The maximum absolute atomic E-state index is 10.6. The van der Waals surface area contributed by atoms with Crippen LogP contribution in [0.2, 0.25) is 5.02 Å². The second-order valence-corrected chi connectivity index (χ2v) is 9.34. The number of aromatic nitrogens is 3. The van der Waals surface area contributed by atoms with Crippen LogP contribution < -0.4 is 0 Å². The summed E-state index contributed by atoms with van der Waals surface area (Å²) in [5.41, 5.74) is 3.36. The molecular weight excluding hydrogens is 489 g/mol. The first kappa shape index (κ1) is 26.2. The summed E-state index contributed by atoms with van der Waals surface area (Å²) in [7, 11) is 0. The van der Waals surface area contributed by atoms with Gasteiger partial charge in [0.2, 0.25) is 0 Å². The van der Waals surface area contributed by atoms with Gasteiger partial charge in [0.1, 0.15) is 5.82 Å². The fraction of sp³-hybridized carbons (Fsp3) is 0.435. The Morgan fingerprint density at radius 3 is 2.68 bits per heavy atom. The number of aliphatic carboxylic acids is 1. The molecule has 1 aliphatic rings. The number of likely N-dealkylation sites (tertiary alicyclic amines) is 1. The van der Waals surface area contributed by atoms with Crippen LogP contribution >= 0.6 is 22.9 Å². The molecule has 2 aromatic heterocycles. The molecule has 11 heteroatoms. The predicted octanol–water partition coefficient (Wildman–Crippen LogP) is 6.50. The van der Waals surface area contributed by atoms with Gasteiger partial charge in [0, 0.05) is 16.9 Å². The Hall–Kier alpha value is -2.43.